The van der Waals surface area contributed by atoms with Crippen molar-refractivity contribution in [2.75, 3.05) is 13.2 Å². The van der Waals surface area contributed by atoms with Crippen LogP contribution in [-0.4, -0.2) is 29.2 Å². The van der Waals surface area contributed by atoms with E-state index in [4.69, 9.17) is 16.1 Å². The van der Waals surface area contributed by atoms with Crippen LogP contribution in [-0.2, 0) is 4.79 Å². The number of nitrogens with two attached hydrogens (primary N) is 1. The molecule has 0 spiro atoms. The van der Waals surface area contributed by atoms with E-state index in [1.165, 1.54) is 0 Å². The molecule has 0 atom stereocenters. The topological polar surface area (TPSA) is 90.4 Å². The second-order valence-corrected chi connectivity index (χ2v) is 1.37. The monoisotopic (exact) mass is 129 g/mol. The van der Waals surface area contributed by atoms with E-state index in [0.717, 1.165) is 4.90 Å². The molecule has 0 aromatic rings. The Morgan fingerprint density at radius 3 is 2.56 bits per heavy atom. The number of hydrogen-bond acceptors (Lipinski definition) is 4. The van der Waals surface area contributed by atoms with Gasteiger partial charge in [-0.1, -0.05) is 0 Å². The molecule has 5 nitrogen and oxygen atoms in total. The molecule has 0 fully saturated rings. The van der Waals surface area contributed by atoms with E-state index in [9.17, 15) is 4.79 Å². The average Bonchev–Trinajstić information content (AvgIpc) is 1.82. The van der Waals surface area contributed by atoms with Gasteiger partial charge in [0.1, 0.15) is 6.54 Å². The van der Waals surface area contributed by atoms with Crippen LogP contribution in [0, 0.1) is 11.5 Å². The minimum Gasteiger partial charge on any atom is -0.480 e. The van der Waals surface area contributed by atoms with Gasteiger partial charge in [-0.15, -0.1) is 0 Å². The smallest absolute Gasteiger partial charge is 0.323 e. The molecule has 0 saturated heterocycles. The average molecular weight is 129 g/mol. The summed E-state index contributed by atoms with van der Waals surface area (Å²) in [4.78, 5) is 10.8. The summed E-state index contributed by atoms with van der Waals surface area (Å²) < 4.78 is 0. The molecule has 0 rings (SSSR count). The Morgan fingerprint density at radius 1 is 1.89 bits per heavy atom. The zero-order valence-electron chi connectivity index (χ0n) is 4.74. The molecule has 0 aliphatic heterocycles. The fourth-order valence-corrected chi connectivity index (χ4v) is 0.304. The lowest BCUT2D eigenvalue weighted by Crippen LogP contribution is -2.30. The molecule has 0 aromatic carbocycles. The van der Waals surface area contributed by atoms with E-state index in [0.29, 0.717) is 0 Å². The minimum absolute atomic E-state index is 0.0528. The van der Waals surface area contributed by atoms with Crippen molar-refractivity contribution in [3.05, 3.63) is 0 Å². The van der Waals surface area contributed by atoms with E-state index in [1.807, 2.05) is 0 Å². The van der Waals surface area contributed by atoms with Crippen molar-refractivity contribution < 1.29 is 9.90 Å². The highest BCUT2D eigenvalue weighted by Gasteiger charge is 2.02. The summed E-state index contributed by atoms with van der Waals surface area (Å²) in [6, 6.07) is 0. The Morgan fingerprint density at radius 2 is 2.44 bits per heavy atom. The molecule has 9 heavy (non-hydrogen) atoms. The lowest BCUT2D eigenvalue weighted by molar-refractivity contribution is -0.137. The summed E-state index contributed by atoms with van der Waals surface area (Å²) in [6.07, 6.45) is 1.61. The van der Waals surface area contributed by atoms with Gasteiger partial charge in [0.25, 0.3) is 0 Å². The number of carbonyl (C=O) groups is 1. The van der Waals surface area contributed by atoms with Gasteiger partial charge >= 0.3 is 5.97 Å². The number of carboxylic acids is 1. The van der Waals surface area contributed by atoms with Crippen LogP contribution in [0.4, 0.5) is 0 Å². The van der Waals surface area contributed by atoms with Crippen molar-refractivity contribution in [3.8, 4) is 6.19 Å². The third kappa shape index (κ3) is 3.32. The van der Waals surface area contributed by atoms with Crippen molar-refractivity contribution in [2.45, 2.75) is 0 Å². The highest BCUT2D eigenvalue weighted by molar-refractivity contribution is 5.69. The number of carboxylic acid groups (broad SMARTS) is 1. The standard InChI is InChI=1S/C4H7N3O2/c5-2-7(3-6)1-4(8)9/h1-2,5H2,(H,8,9). The minimum atomic E-state index is -1.05. The summed E-state index contributed by atoms with van der Waals surface area (Å²) in [7, 11) is 0. The van der Waals surface area contributed by atoms with Gasteiger partial charge in [-0.25, -0.2) is 0 Å². The lowest BCUT2D eigenvalue weighted by Gasteiger charge is -2.06. The number of rotatable bonds is 3. The third-order valence-electron chi connectivity index (χ3n) is 0.688. The molecule has 0 aromatic heterocycles. The molecule has 50 valence electrons. The molecule has 0 amide bonds. The molecule has 5 heteroatoms. The molecule has 0 unspecified atom stereocenters. The van der Waals surface area contributed by atoms with Gasteiger partial charge in [0.2, 0.25) is 0 Å². The maximum atomic E-state index is 9.88. The highest BCUT2D eigenvalue weighted by Crippen LogP contribution is 1.77. The fraction of sp³-hybridized carbons (Fsp3) is 0.500. The summed E-state index contributed by atoms with van der Waals surface area (Å²) in [5.74, 6) is -1.05. The second kappa shape index (κ2) is 3.69. The Labute approximate surface area is 52.3 Å². The van der Waals surface area contributed by atoms with Crippen molar-refractivity contribution in [2.24, 2.45) is 5.73 Å². The van der Waals surface area contributed by atoms with E-state index < -0.39 is 5.97 Å². The first-order valence-electron chi connectivity index (χ1n) is 2.27. The third-order valence-corrected chi connectivity index (χ3v) is 0.688. The molecule has 0 aliphatic rings. The number of nitriles is 1. The van der Waals surface area contributed by atoms with Crippen LogP contribution in [0.1, 0.15) is 0 Å². The number of nitrogens with zero attached hydrogens (tertiary/aromatic N) is 2. The molecule has 3 N–H and O–H groups in total. The number of hydrogen-bond donors (Lipinski definition) is 2. The molecule has 0 radical (unpaired) electrons. The lowest BCUT2D eigenvalue weighted by atomic mass is 10.6. The Kier molecular flexibility index (Phi) is 3.16. The van der Waals surface area contributed by atoms with Crippen molar-refractivity contribution in [1.29, 1.82) is 5.26 Å². The fourth-order valence-electron chi connectivity index (χ4n) is 0.304. The largest absolute Gasteiger partial charge is 0.480 e. The van der Waals surface area contributed by atoms with Crippen LogP contribution in [0.2, 0.25) is 0 Å². The van der Waals surface area contributed by atoms with Crippen LogP contribution in [0.15, 0.2) is 0 Å². The van der Waals surface area contributed by atoms with Gasteiger partial charge in [-0.05, 0) is 0 Å². The van der Waals surface area contributed by atoms with E-state index in [-0.39, 0.29) is 13.2 Å². The van der Waals surface area contributed by atoms with Gasteiger partial charge in [0.05, 0.1) is 6.67 Å². The Bertz CT molecular complexity index is 139. The quantitative estimate of drug-likeness (QED) is 0.283. The van der Waals surface area contributed by atoms with E-state index in [1.54, 1.807) is 6.19 Å². The molecule has 0 bridgehead atoms. The van der Waals surface area contributed by atoms with E-state index in [2.05, 4.69) is 0 Å². The zero-order valence-corrected chi connectivity index (χ0v) is 4.74. The normalized spacial score (nSPS) is 8.00. The molecular weight excluding hydrogens is 122 g/mol. The zero-order chi connectivity index (χ0) is 7.28. The molecule has 0 saturated carbocycles. The summed E-state index contributed by atoms with van der Waals surface area (Å²) in [5.41, 5.74) is 4.97. The van der Waals surface area contributed by atoms with Gasteiger partial charge in [-0.3, -0.25) is 9.69 Å². The van der Waals surface area contributed by atoms with Crippen molar-refractivity contribution in [3.63, 3.8) is 0 Å². The summed E-state index contributed by atoms with van der Waals surface area (Å²) >= 11 is 0. The predicted molar refractivity (Wildman–Crippen MR) is 29.0 cm³/mol. The van der Waals surface area contributed by atoms with Crippen molar-refractivity contribution >= 4 is 5.97 Å². The second-order valence-electron chi connectivity index (χ2n) is 1.37. The molecule has 0 aliphatic carbocycles. The first kappa shape index (κ1) is 7.72. The maximum Gasteiger partial charge on any atom is 0.323 e. The van der Waals surface area contributed by atoms with Crippen LogP contribution >= 0.6 is 0 Å². The Hall–Kier alpha value is -1.28. The van der Waals surface area contributed by atoms with Crippen molar-refractivity contribution in [1.82, 2.24) is 4.90 Å². The summed E-state index contributed by atoms with van der Waals surface area (Å²) in [6.45, 7) is -0.379. The first-order valence-corrected chi connectivity index (χ1v) is 2.27. The molecular formula is C4H7N3O2. The molecule has 0 heterocycles. The first-order chi connectivity index (χ1) is 4.20. The van der Waals surface area contributed by atoms with Gasteiger partial charge in [-0.2, -0.15) is 5.26 Å². The van der Waals surface area contributed by atoms with Gasteiger partial charge in [0, 0.05) is 0 Å². The van der Waals surface area contributed by atoms with Crippen LogP contribution in [0.5, 0.6) is 0 Å². The summed E-state index contributed by atoms with van der Waals surface area (Å²) in [5, 5.41) is 16.2. The SMILES string of the molecule is N#CN(CN)CC(=O)O. The van der Waals surface area contributed by atoms with Crippen LogP contribution < -0.4 is 5.73 Å². The maximum absolute atomic E-state index is 9.88. The van der Waals surface area contributed by atoms with Crippen LogP contribution in [0.25, 0.3) is 0 Å². The van der Waals surface area contributed by atoms with Gasteiger partial charge < -0.3 is 10.8 Å². The predicted octanol–water partition coefficient (Wildman–Crippen LogP) is -1.23. The van der Waals surface area contributed by atoms with E-state index >= 15 is 0 Å². The number of aliphatic carboxylic acids is 1. The van der Waals surface area contributed by atoms with Gasteiger partial charge in [0.15, 0.2) is 6.19 Å². The van der Waals surface area contributed by atoms with Crippen LogP contribution in [0.3, 0.4) is 0 Å². The Balaban J connectivity index is 3.60. The highest BCUT2D eigenvalue weighted by atomic mass is 16.4.